The number of aromatic nitrogens is 4. The third kappa shape index (κ3) is 7.46. The Morgan fingerprint density at radius 3 is 2.54 bits per heavy atom. The topological polar surface area (TPSA) is 179 Å². The molecule has 0 saturated carbocycles. The lowest BCUT2D eigenvalue weighted by atomic mass is 10.1. The summed E-state index contributed by atoms with van der Waals surface area (Å²) >= 11 is 6.12. The largest absolute Gasteiger partial charge is 0.478 e. The number of aromatic carboxylic acids is 1. The van der Waals surface area contributed by atoms with Crippen LogP contribution in [0.5, 0.6) is 0 Å². The van der Waals surface area contributed by atoms with Crippen LogP contribution in [-0.2, 0) is 19.1 Å². The van der Waals surface area contributed by atoms with Crippen molar-refractivity contribution in [1.29, 1.82) is 0 Å². The zero-order valence-corrected chi connectivity index (χ0v) is 21.2. The van der Waals surface area contributed by atoms with E-state index in [-0.39, 0.29) is 17.9 Å². The highest BCUT2D eigenvalue weighted by Crippen LogP contribution is 2.24. The number of nitrogens with zero attached hydrogens (tertiary/aromatic N) is 4. The maximum absolute atomic E-state index is 13.1. The van der Waals surface area contributed by atoms with Crippen molar-refractivity contribution in [2.24, 2.45) is 0 Å². The number of ether oxygens (including phenoxy) is 1. The number of amides is 3. The van der Waals surface area contributed by atoms with E-state index in [9.17, 15) is 19.2 Å². The zero-order chi connectivity index (χ0) is 27.8. The Kier molecular flexibility index (Phi) is 8.97. The van der Waals surface area contributed by atoms with E-state index in [4.69, 9.17) is 21.4 Å². The normalized spacial score (nSPS) is 14.1. The number of anilines is 1. The fraction of sp³-hybridized carbons (Fsp3) is 0.240. The molecule has 4 rings (SSSR count). The van der Waals surface area contributed by atoms with Crippen molar-refractivity contribution in [3.8, 4) is 11.4 Å². The van der Waals surface area contributed by atoms with Gasteiger partial charge in [0.1, 0.15) is 6.04 Å². The van der Waals surface area contributed by atoms with Crippen molar-refractivity contribution in [2.75, 3.05) is 31.6 Å². The van der Waals surface area contributed by atoms with Gasteiger partial charge in [-0.05, 0) is 64.5 Å². The number of aromatic amines is 1. The van der Waals surface area contributed by atoms with Gasteiger partial charge in [0, 0.05) is 35.4 Å². The van der Waals surface area contributed by atoms with Gasteiger partial charge in [0.05, 0.1) is 25.2 Å². The molecule has 1 fully saturated rings. The molecule has 1 aliphatic heterocycles. The molecule has 0 spiro atoms. The zero-order valence-electron chi connectivity index (χ0n) is 20.5. The van der Waals surface area contributed by atoms with Gasteiger partial charge in [0.25, 0.3) is 0 Å². The second-order valence-electron chi connectivity index (χ2n) is 8.44. The van der Waals surface area contributed by atoms with Gasteiger partial charge in [0.2, 0.25) is 17.7 Å². The molecule has 1 aliphatic rings. The Morgan fingerprint density at radius 2 is 1.87 bits per heavy atom. The highest BCUT2D eigenvalue weighted by Gasteiger charge is 2.27. The number of carboxylic acids is 1. The summed E-state index contributed by atoms with van der Waals surface area (Å²) in [5.74, 6) is -2.33. The molecule has 1 saturated heterocycles. The molecule has 0 radical (unpaired) electrons. The number of hydrogen-bond acceptors (Lipinski definition) is 8. The molecule has 1 atom stereocenters. The van der Waals surface area contributed by atoms with Crippen molar-refractivity contribution in [3.63, 3.8) is 0 Å². The molecule has 3 aromatic rings. The van der Waals surface area contributed by atoms with Gasteiger partial charge in [-0.15, -0.1) is 5.10 Å². The van der Waals surface area contributed by atoms with E-state index in [0.717, 1.165) is 0 Å². The van der Waals surface area contributed by atoms with Crippen molar-refractivity contribution < 1.29 is 29.0 Å². The van der Waals surface area contributed by atoms with E-state index in [0.29, 0.717) is 54.0 Å². The van der Waals surface area contributed by atoms with Gasteiger partial charge in [0.15, 0.2) is 5.82 Å². The first-order chi connectivity index (χ1) is 18.8. The SMILES string of the molecule is O=C(/C=C/c1cc(Cl)ccc1-c1nnn[nH]1)N[C@@H](CC(=O)N1CCOCC1)C(=O)Nc1ccc(C(=O)O)cc1. The van der Waals surface area contributed by atoms with Crippen molar-refractivity contribution in [3.05, 3.63) is 64.7 Å². The monoisotopic (exact) mass is 553 g/mol. The molecule has 0 aliphatic carbocycles. The Balaban J connectivity index is 1.50. The fourth-order valence-corrected chi connectivity index (χ4v) is 3.98. The Hall–Kier alpha value is -4.62. The second kappa shape index (κ2) is 12.8. The number of H-pyrrole nitrogens is 1. The van der Waals surface area contributed by atoms with E-state index >= 15 is 0 Å². The number of carbonyl (C=O) groups excluding carboxylic acids is 3. The van der Waals surface area contributed by atoms with Crippen molar-refractivity contribution in [1.82, 2.24) is 30.8 Å². The van der Waals surface area contributed by atoms with Gasteiger partial charge < -0.3 is 25.4 Å². The highest BCUT2D eigenvalue weighted by molar-refractivity contribution is 6.30. The van der Waals surface area contributed by atoms with E-state index in [1.807, 2.05) is 0 Å². The molecule has 1 aromatic heterocycles. The summed E-state index contributed by atoms with van der Waals surface area (Å²) in [7, 11) is 0. The average Bonchev–Trinajstić information content (AvgIpc) is 3.47. The first-order valence-corrected chi connectivity index (χ1v) is 12.2. The number of halogens is 1. The van der Waals surface area contributed by atoms with Crippen LogP contribution in [0.4, 0.5) is 5.69 Å². The lowest BCUT2D eigenvalue weighted by Gasteiger charge is -2.28. The minimum absolute atomic E-state index is 0.0481. The van der Waals surface area contributed by atoms with E-state index in [1.54, 1.807) is 23.1 Å². The molecule has 2 aromatic carbocycles. The fourth-order valence-electron chi connectivity index (χ4n) is 3.80. The van der Waals surface area contributed by atoms with Crippen LogP contribution < -0.4 is 10.6 Å². The minimum Gasteiger partial charge on any atom is -0.478 e. The van der Waals surface area contributed by atoms with Crippen molar-refractivity contribution in [2.45, 2.75) is 12.5 Å². The van der Waals surface area contributed by atoms with Crippen LogP contribution in [0.1, 0.15) is 22.3 Å². The summed E-state index contributed by atoms with van der Waals surface area (Å²) in [6.45, 7) is 1.53. The number of rotatable bonds is 9. The standard InChI is InChI=1S/C25H24ClN7O6/c26-17-4-7-19(23-29-31-32-30-23)16(13-17)3-8-21(34)28-20(14-22(35)33-9-11-39-12-10-33)24(36)27-18-5-1-15(2-6-18)25(37)38/h1-8,13,20H,9-12,14H2,(H,27,36)(H,28,34)(H,37,38)(H,29,30,31,32)/b8-3+/t20-/m0/s1. The van der Waals surface area contributed by atoms with Gasteiger partial charge in [-0.2, -0.15) is 0 Å². The number of hydrogen-bond donors (Lipinski definition) is 4. The van der Waals surface area contributed by atoms with E-state index < -0.39 is 23.8 Å². The van der Waals surface area contributed by atoms with Gasteiger partial charge in [-0.1, -0.05) is 11.6 Å². The molecular formula is C25H24ClN7O6. The van der Waals surface area contributed by atoms with Crippen LogP contribution in [0.15, 0.2) is 48.5 Å². The molecule has 0 unspecified atom stereocenters. The number of morpholine rings is 1. The predicted octanol–water partition coefficient (Wildman–Crippen LogP) is 1.60. The molecule has 2 heterocycles. The van der Waals surface area contributed by atoms with Crippen LogP contribution in [-0.4, -0.2) is 86.7 Å². The lowest BCUT2D eigenvalue weighted by Crippen LogP contribution is -2.48. The molecule has 13 nitrogen and oxygen atoms in total. The van der Waals surface area contributed by atoms with Crippen LogP contribution in [0.2, 0.25) is 5.02 Å². The van der Waals surface area contributed by atoms with Crippen LogP contribution in [0, 0.1) is 0 Å². The molecule has 39 heavy (non-hydrogen) atoms. The minimum atomic E-state index is -1.21. The van der Waals surface area contributed by atoms with Gasteiger partial charge >= 0.3 is 5.97 Å². The summed E-state index contributed by atoms with van der Waals surface area (Å²) < 4.78 is 5.27. The van der Waals surface area contributed by atoms with E-state index in [1.165, 1.54) is 36.4 Å². The van der Waals surface area contributed by atoms with Gasteiger partial charge in [-0.25, -0.2) is 9.89 Å². The average molecular weight is 554 g/mol. The quantitative estimate of drug-likeness (QED) is 0.286. The second-order valence-corrected chi connectivity index (χ2v) is 8.88. The Morgan fingerprint density at radius 1 is 1.13 bits per heavy atom. The molecule has 0 bridgehead atoms. The van der Waals surface area contributed by atoms with Crippen LogP contribution in [0.3, 0.4) is 0 Å². The smallest absolute Gasteiger partial charge is 0.335 e. The highest BCUT2D eigenvalue weighted by atomic mass is 35.5. The van der Waals surface area contributed by atoms with E-state index in [2.05, 4.69) is 31.3 Å². The summed E-state index contributed by atoms with van der Waals surface area (Å²) in [4.78, 5) is 51.5. The maximum atomic E-state index is 13.1. The van der Waals surface area contributed by atoms with Crippen molar-refractivity contribution >= 4 is 47.1 Å². The summed E-state index contributed by atoms with van der Waals surface area (Å²) in [5, 5.41) is 28.3. The maximum Gasteiger partial charge on any atom is 0.335 e. The summed E-state index contributed by atoms with van der Waals surface area (Å²) in [6, 6.07) is 9.25. The molecule has 4 N–H and O–H groups in total. The summed E-state index contributed by atoms with van der Waals surface area (Å²) in [5.41, 5.74) is 1.49. The number of carbonyl (C=O) groups is 4. The van der Waals surface area contributed by atoms with Crippen LogP contribution >= 0.6 is 11.6 Å². The van der Waals surface area contributed by atoms with Crippen LogP contribution in [0.25, 0.3) is 17.5 Å². The molecule has 14 heteroatoms. The number of tetrazole rings is 1. The third-order valence-electron chi connectivity index (χ3n) is 5.80. The third-order valence-corrected chi connectivity index (χ3v) is 6.04. The molecular weight excluding hydrogens is 530 g/mol. The first kappa shape index (κ1) is 27.4. The molecule has 202 valence electrons. The Bertz CT molecular complexity index is 1370. The predicted molar refractivity (Wildman–Crippen MR) is 140 cm³/mol. The first-order valence-electron chi connectivity index (χ1n) is 11.8. The Labute approximate surface area is 227 Å². The molecule has 3 amide bonds. The number of carboxylic acid groups (broad SMARTS) is 1. The van der Waals surface area contributed by atoms with Gasteiger partial charge in [-0.3, -0.25) is 14.4 Å². The summed E-state index contributed by atoms with van der Waals surface area (Å²) in [6.07, 6.45) is 2.41. The number of nitrogens with one attached hydrogen (secondary N) is 3. The lowest BCUT2D eigenvalue weighted by molar-refractivity contribution is -0.137. The number of benzene rings is 2.